The summed E-state index contributed by atoms with van der Waals surface area (Å²) in [5, 5.41) is 0. The Bertz CT molecular complexity index is 676. The number of rotatable bonds is 3. The minimum absolute atomic E-state index is 0.0269. The first-order valence-electron chi connectivity index (χ1n) is 7.62. The fraction of sp³-hybridized carbons (Fsp3) is 0.562. The highest BCUT2D eigenvalue weighted by atomic mass is 19.4. The van der Waals surface area contributed by atoms with Crippen LogP contribution in [0.5, 0.6) is 0 Å². The van der Waals surface area contributed by atoms with Gasteiger partial charge in [0, 0.05) is 24.7 Å². The summed E-state index contributed by atoms with van der Waals surface area (Å²) in [7, 11) is 0. The molecule has 0 spiro atoms. The minimum atomic E-state index is -4.59. The number of likely N-dealkylation sites (tertiary alicyclic amines) is 1. The lowest BCUT2D eigenvalue weighted by molar-refractivity contribution is -0.139. The first-order chi connectivity index (χ1) is 11.0. The molecule has 0 bridgehead atoms. The van der Waals surface area contributed by atoms with E-state index in [2.05, 4.69) is 0 Å². The van der Waals surface area contributed by atoms with Crippen molar-refractivity contribution in [1.29, 1.82) is 0 Å². The van der Waals surface area contributed by atoms with Crippen LogP contribution in [-0.4, -0.2) is 40.8 Å². The minimum Gasteiger partial charge on any atom is -0.332 e. The van der Waals surface area contributed by atoms with Crippen molar-refractivity contribution in [2.45, 2.75) is 45.1 Å². The summed E-state index contributed by atoms with van der Waals surface area (Å²) < 4.78 is 65.9. The molecule has 0 radical (unpaired) electrons. The van der Waals surface area contributed by atoms with Crippen LogP contribution in [0.15, 0.2) is 12.1 Å². The van der Waals surface area contributed by atoms with Crippen molar-refractivity contribution < 1.29 is 26.7 Å². The number of alkyl halides is 5. The van der Waals surface area contributed by atoms with Gasteiger partial charge < -0.3 is 4.90 Å². The van der Waals surface area contributed by atoms with Gasteiger partial charge in [-0.2, -0.15) is 13.2 Å². The van der Waals surface area contributed by atoms with Gasteiger partial charge in [0.25, 0.3) is 11.8 Å². The topological polar surface area (TPSA) is 23.6 Å². The Morgan fingerprint density at radius 3 is 2.33 bits per heavy atom. The fourth-order valence-corrected chi connectivity index (χ4v) is 3.23. The summed E-state index contributed by atoms with van der Waals surface area (Å²) in [6, 6.07) is 2.17. The van der Waals surface area contributed by atoms with Crippen LogP contribution < -0.4 is 0 Å². The Labute approximate surface area is 136 Å². The van der Waals surface area contributed by atoms with Crippen LogP contribution in [0, 0.1) is 0 Å². The van der Waals surface area contributed by atoms with Crippen LogP contribution in [0.3, 0.4) is 0 Å². The highest BCUT2D eigenvalue weighted by Gasteiger charge is 2.44. The molecule has 1 fully saturated rings. The number of halogens is 5. The SMILES string of the molecule is CC(C)N1Cc2c(cc(CN3CC(F)(F)C3)cc2C(F)(F)F)C1=O. The lowest BCUT2D eigenvalue weighted by atomic mass is 9.98. The van der Waals surface area contributed by atoms with E-state index in [1.165, 1.54) is 15.9 Å². The number of nitrogens with zero attached hydrogens (tertiary/aromatic N) is 2. The number of hydrogen-bond acceptors (Lipinski definition) is 2. The highest BCUT2D eigenvalue weighted by Crippen LogP contribution is 2.39. The molecule has 0 N–H and O–H groups in total. The molecule has 1 saturated heterocycles. The molecule has 1 aromatic rings. The standard InChI is InChI=1S/C16H17F5N2O/c1-9(2)23-6-12-11(14(23)24)3-10(4-13(12)16(19,20)21)5-22-7-15(17,18)8-22/h3-4,9H,5-8H2,1-2H3. The summed E-state index contributed by atoms with van der Waals surface area (Å²) in [6.45, 7) is 2.42. The lowest BCUT2D eigenvalue weighted by Gasteiger charge is -2.38. The van der Waals surface area contributed by atoms with Crippen molar-refractivity contribution in [3.8, 4) is 0 Å². The summed E-state index contributed by atoms with van der Waals surface area (Å²) >= 11 is 0. The van der Waals surface area contributed by atoms with E-state index in [-0.39, 0.29) is 35.8 Å². The Morgan fingerprint density at radius 1 is 1.21 bits per heavy atom. The van der Waals surface area contributed by atoms with E-state index >= 15 is 0 Å². The number of carbonyl (C=O) groups is 1. The fourth-order valence-electron chi connectivity index (χ4n) is 3.23. The zero-order valence-electron chi connectivity index (χ0n) is 13.3. The molecule has 8 heteroatoms. The van der Waals surface area contributed by atoms with Crippen molar-refractivity contribution in [1.82, 2.24) is 9.80 Å². The van der Waals surface area contributed by atoms with Crippen molar-refractivity contribution in [3.05, 3.63) is 34.4 Å². The largest absolute Gasteiger partial charge is 0.416 e. The molecule has 3 rings (SSSR count). The average Bonchev–Trinajstić information content (AvgIpc) is 2.72. The zero-order chi connectivity index (χ0) is 17.9. The van der Waals surface area contributed by atoms with Crippen LogP contribution >= 0.6 is 0 Å². The molecule has 0 atom stereocenters. The first-order valence-corrected chi connectivity index (χ1v) is 7.62. The lowest BCUT2D eigenvalue weighted by Crippen LogP contribution is -2.55. The van der Waals surface area contributed by atoms with Crippen LogP contribution in [0.4, 0.5) is 22.0 Å². The van der Waals surface area contributed by atoms with E-state index in [1.54, 1.807) is 13.8 Å². The van der Waals surface area contributed by atoms with Gasteiger partial charge in [0.2, 0.25) is 0 Å². The molecule has 3 nitrogen and oxygen atoms in total. The third kappa shape index (κ3) is 2.99. The van der Waals surface area contributed by atoms with E-state index in [1.807, 2.05) is 0 Å². The summed E-state index contributed by atoms with van der Waals surface area (Å²) in [4.78, 5) is 15.1. The predicted molar refractivity (Wildman–Crippen MR) is 76.7 cm³/mol. The van der Waals surface area contributed by atoms with Crippen LogP contribution in [0.1, 0.15) is 40.9 Å². The van der Waals surface area contributed by atoms with Gasteiger partial charge in [-0.05, 0) is 37.1 Å². The van der Waals surface area contributed by atoms with Gasteiger partial charge in [-0.15, -0.1) is 0 Å². The van der Waals surface area contributed by atoms with E-state index in [9.17, 15) is 26.7 Å². The van der Waals surface area contributed by atoms with Gasteiger partial charge in [0.05, 0.1) is 18.7 Å². The maximum Gasteiger partial charge on any atom is 0.416 e. The van der Waals surface area contributed by atoms with Crippen molar-refractivity contribution >= 4 is 5.91 Å². The van der Waals surface area contributed by atoms with Gasteiger partial charge >= 0.3 is 6.18 Å². The summed E-state index contributed by atoms with van der Waals surface area (Å²) in [6.07, 6.45) is -4.59. The molecule has 0 saturated carbocycles. The number of carbonyl (C=O) groups excluding carboxylic acids is 1. The third-order valence-corrected chi connectivity index (χ3v) is 4.37. The van der Waals surface area contributed by atoms with E-state index < -0.39 is 36.7 Å². The van der Waals surface area contributed by atoms with Gasteiger partial charge in [-0.3, -0.25) is 9.69 Å². The van der Waals surface area contributed by atoms with Gasteiger partial charge in [0.1, 0.15) is 0 Å². The second kappa shape index (κ2) is 5.40. The second-order valence-corrected chi connectivity index (χ2v) is 6.70. The molecule has 1 aromatic carbocycles. The van der Waals surface area contributed by atoms with E-state index in [0.29, 0.717) is 0 Å². The molecule has 2 aliphatic heterocycles. The molecule has 0 aromatic heterocycles. The molecule has 1 amide bonds. The van der Waals surface area contributed by atoms with Gasteiger partial charge in [-0.25, -0.2) is 8.78 Å². The quantitative estimate of drug-likeness (QED) is 0.781. The Balaban J connectivity index is 1.95. The average molecular weight is 348 g/mol. The summed E-state index contributed by atoms with van der Waals surface area (Å²) in [5.41, 5.74) is -0.617. The monoisotopic (exact) mass is 348 g/mol. The Hall–Kier alpha value is -1.70. The molecule has 2 aliphatic rings. The third-order valence-electron chi connectivity index (χ3n) is 4.37. The predicted octanol–water partition coefficient (Wildman–Crippen LogP) is 3.52. The van der Waals surface area contributed by atoms with Crippen molar-refractivity contribution in [2.24, 2.45) is 0 Å². The van der Waals surface area contributed by atoms with Crippen LogP contribution in [0.25, 0.3) is 0 Å². The highest BCUT2D eigenvalue weighted by molar-refractivity contribution is 5.99. The smallest absolute Gasteiger partial charge is 0.332 e. The number of benzene rings is 1. The normalized spacial score (nSPS) is 20.5. The van der Waals surface area contributed by atoms with Crippen LogP contribution in [-0.2, 0) is 19.3 Å². The molecule has 24 heavy (non-hydrogen) atoms. The second-order valence-electron chi connectivity index (χ2n) is 6.70. The maximum atomic E-state index is 13.4. The van der Waals surface area contributed by atoms with Gasteiger partial charge in [-0.1, -0.05) is 0 Å². The van der Waals surface area contributed by atoms with Crippen molar-refractivity contribution in [2.75, 3.05) is 13.1 Å². The Morgan fingerprint density at radius 2 is 1.83 bits per heavy atom. The Kier molecular flexibility index (Phi) is 3.86. The molecule has 0 aliphatic carbocycles. The zero-order valence-corrected chi connectivity index (χ0v) is 13.3. The first kappa shape index (κ1) is 17.1. The molecule has 132 valence electrons. The van der Waals surface area contributed by atoms with Crippen LogP contribution in [0.2, 0.25) is 0 Å². The number of fused-ring (bicyclic) bond motifs is 1. The number of amides is 1. The van der Waals surface area contributed by atoms with E-state index in [4.69, 9.17) is 0 Å². The molecule has 0 unspecified atom stereocenters. The van der Waals surface area contributed by atoms with Crippen molar-refractivity contribution in [3.63, 3.8) is 0 Å². The molecular weight excluding hydrogens is 331 g/mol. The maximum absolute atomic E-state index is 13.4. The summed E-state index contributed by atoms with van der Waals surface area (Å²) in [5.74, 6) is -3.23. The van der Waals surface area contributed by atoms with E-state index in [0.717, 1.165) is 6.07 Å². The van der Waals surface area contributed by atoms with Gasteiger partial charge in [0.15, 0.2) is 0 Å². The molecule has 2 heterocycles. The number of hydrogen-bond donors (Lipinski definition) is 0. The molecular formula is C16H17F5N2O.